The molecule has 1 aromatic heterocycles. The summed E-state index contributed by atoms with van der Waals surface area (Å²) in [5, 5.41) is 17.5. The summed E-state index contributed by atoms with van der Waals surface area (Å²) in [4.78, 5) is 29.8. The molecule has 3 rings (SSSR count). The molecule has 0 spiro atoms. The molecule has 3 aromatic rings. The number of carbonyl (C=O) groups excluding carboxylic acids is 1. The Bertz CT molecular complexity index is 1290. The number of para-hydroxylation sites is 1. The zero-order chi connectivity index (χ0) is 23.5. The summed E-state index contributed by atoms with van der Waals surface area (Å²) in [5.41, 5.74) is 0.728. The van der Waals surface area contributed by atoms with Crippen LogP contribution >= 0.6 is 11.8 Å². The summed E-state index contributed by atoms with van der Waals surface area (Å²) in [6.07, 6.45) is 0.306. The van der Waals surface area contributed by atoms with Gasteiger partial charge in [0.25, 0.3) is 5.56 Å². The minimum atomic E-state index is -3.83. The molecule has 9 nitrogen and oxygen atoms in total. The smallest absolute Gasteiger partial charge is 0.265 e. The number of thioether (sulfide) groups is 1. The van der Waals surface area contributed by atoms with Gasteiger partial charge in [0.15, 0.2) is 5.16 Å². The van der Waals surface area contributed by atoms with E-state index in [1.54, 1.807) is 38.1 Å². The molecule has 4 N–H and O–H groups in total. The van der Waals surface area contributed by atoms with Crippen molar-refractivity contribution in [3.8, 4) is 11.6 Å². The number of amides is 1. The van der Waals surface area contributed by atoms with Crippen molar-refractivity contribution in [2.45, 2.75) is 35.6 Å². The summed E-state index contributed by atoms with van der Waals surface area (Å²) in [6.45, 7) is 3.38. The van der Waals surface area contributed by atoms with Gasteiger partial charge in [-0.25, -0.2) is 13.6 Å². The van der Waals surface area contributed by atoms with Gasteiger partial charge in [-0.15, -0.1) is 0 Å². The number of primary sulfonamides is 1. The Morgan fingerprint density at radius 3 is 2.38 bits per heavy atom. The van der Waals surface area contributed by atoms with Crippen molar-refractivity contribution in [1.29, 1.82) is 0 Å². The lowest BCUT2D eigenvalue weighted by atomic mass is 10.2. The molecule has 1 atom stereocenters. The number of sulfonamides is 1. The number of hydrogen-bond donors (Lipinski definition) is 3. The molecule has 1 amide bonds. The van der Waals surface area contributed by atoms with Crippen LogP contribution in [-0.4, -0.2) is 34.2 Å². The Hall–Kier alpha value is -3.15. The molecule has 0 aliphatic carbocycles. The summed E-state index contributed by atoms with van der Waals surface area (Å²) in [7, 11) is -3.83. The molecular weight excluding hydrogens is 452 g/mol. The first-order chi connectivity index (χ1) is 15.1. The van der Waals surface area contributed by atoms with Gasteiger partial charge in [-0.05, 0) is 49.7 Å². The second-order valence-corrected chi connectivity index (χ2v) is 9.71. The van der Waals surface area contributed by atoms with Crippen LogP contribution in [0.2, 0.25) is 0 Å². The number of carbonyl (C=O) groups is 1. The molecular formula is C21H22N4O5S2. The van der Waals surface area contributed by atoms with Gasteiger partial charge < -0.3 is 10.4 Å². The molecule has 0 saturated heterocycles. The fraction of sp³-hybridized carbons (Fsp3) is 0.190. The van der Waals surface area contributed by atoms with Gasteiger partial charge in [0.05, 0.1) is 21.4 Å². The number of benzene rings is 2. The predicted molar refractivity (Wildman–Crippen MR) is 123 cm³/mol. The molecule has 168 valence electrons. The Balaban J connectivity index is 1.88. The van der Waals surface area contributed by atoms with E-state index in [0.717, 1.165) is 11.8 Å². The Morgan fingerprint density at radius 2 is 1.81 bits per heavy atom. The van der Waals surface area contributed by atoms with Crippen LogP contribution in [-0.2, 0) is 21.2 Å². The molecule has 32 heavy (non-hydrogen) atoms. The normalized spacial score (nSPS) is 12.3. The van der Waals surface area contributed by atoms with Crippen molar-refractivity contribution < 1.29 is 18.3 Å². The summed E-state index contributed by atoms with van der Waals surface area (Å²) in [5.74, 6) is -0.760. The maximum Gasteiger partial charge on any atom is 0.265 e. The van der Waals surface area contributed by atoms with Crippen LogP contribution in [0.1, 0.15) is 19.4 Å². The summed E-state index contributed by atoms with van der Waals surface area (Å²) >= 11 is 1.01. The highest BCUT2D eigenvalue weighted by Crippen LogP contribution is 2.27. The highest BCUT2D eigenvalue weighted by molar-refractivity contribution is 8.00. The monoisotopic (exact) mass is 474 g/mol. The molecule has 0 fully saturated rings. The van der Waals surface area contributed by atoms with Crippen molar-refractivity contribution in [3.63, 3.8) is 0 Å². The molecule has 2 aromatic carbocycles. The molecule has 0 aliphatic rings. The molecule has 0 saturated carbocycles. The summed E-state index contributed by atoms with van der Waals surface area (Å²) in [6, 6.07) is 14.3. The first kappa shape index (κ1) is 23.5. The quantitative estimate of drug-likeness (QED) is 0.352. The summed E-state index contributed by atoms with van der Waals surface area (Å²) < 4.78 is 24.1. The highest BCUT2D eigenvalue weighted by atomic mass is 32.2. The first-order valence-electron chi connectivity index (χ1n) is 9.62. The molecule has 0 bridgehead atoms. The third-order valence-electron chi connectivity index (χ3n) is 4.59. The number of aromatic nitrogens is 2. The maximum absolute atomic E-state index is 13.0. The van der Waals surface area contributed by atoms with Gasteiger partial charge in [-0.1, -0.05) is 36.9 Å². The number of nitrogens with two attached hydrogens (primary N) is 1. The number of rotatable bonds is 7. The van der Waals surface area contributed by atoms with E-state index in [0.29, 0.717) is 17.8 Å². The average Bonchev–Trinajstić information content (AvgIpc) is 2.74. The number of nitrogens with one attached hydrogen (secondary N) is 1. The lowest BCUT2D eigenvalue weighted by molar-refractivity contribution is -0.115. The Morgan fingerprint density at radius 1 is 1.19 bits per heavy atom. The molecule has 11 heteroatoms. The zero-order valence-corrected chi connectivity index (χ0v) is 19.0. The number of hydrogen-bond acceptors (Lipinski definition) is 7. The third kappa shape index (κ3) is 5.18. The third-order valence-corrected chi connectivity index (χ3v) is 6.58. The van der Waals surface area contributed by atoms with Gasteiger partial charge in [0.2, 0.25) is 21.8 Å². The van der Waals surface area contributed by atoms with Gasteiger partial charge in [0, 0.05) is 5.69 Å². The van der Waals surface area contributed by atoms with Gasteiger partial charge in [0.1, 0.15) is 0 Å². The van der Waals surface area contributed by atoms with E-state index in [9.17, 15) is 23.1 Å². The van der Waals surface area contributed by atoms with Crippen LogP contribution in [0.15, 0.2) is 69.4 Å². The second kappa shape index (κ2) is 9.55. The van der Waals surface area contributed by atoms with Gasteiger partial charge in [-0.3, -0.25) is 14.2 Å². The lowest BCUT2D eigenvalue weighted by Crippen LogP contribution is -2.27. The fourth-order valence-electron chi connectivity index (χ4n) is 2.90. The number of nitrogens with zero attached hydrogens (tertiary/aromatic N) is 2. The van der Waals surface area contributed by atoms with E-state index < -0.39 is 26.7 Å². The molecule has 0 aliphatic heterocycles. The maximum atomic E-state index is 13.0. The van der Waals surface area contributed by atoms with E-state index in [4.69, 9.17) is 5.14 Å². The van der Waals surface area contributed by atoms with Crippen molar-refractivity contribution in [1.82, 2.24) is 9.55 Å². The standard InChI is InChI=1S/C21H22N4O5S2/c1-3-17-19(27)24-21(25(20(17)28)15-7-5-4-6-8-15)31-13(2)18(26)23-14-9-11-16(12-10-14)32(22,29)30/h4-13,27H,3H2,1-2H3,(H,23,26)(H2,22,29,30)/t13-/m1/s1. The average molecular weight is 475 g/mol. The van der Waals surface area contributed by atoms with E-state index in [-0.39, 0.29) is 21.5 Å². The van der Waals surface area contributed by atoms with E-state index in [1.165, 1.54) is 28.8 Å². The van der Waals surface area contributed by atoms with Crippen LogP contribution in [0.3, 0.4) is 0 Å². The molecule has 1 heterocycles. The van der Waals surface area contributed by atoms with Crippen molar-refractivity contribution in [2.24, 2.45) is 5.14 Å². The van der Waals surface area contributed by atoms with E-state index >= 15 is 0 Å². The van der Waals surface area contributed by atoms with E-state index in [1.807, 2.05) is 6.07 Å². The van der Waals surface area contributed by atoms with Gasteiger partial charge in [-0.2, -0.15) is 4.98 Å². The van der Waals surface area contributed by atoms with E-state index in [2.05, 4.69) is 10.3 Å². The number of aromatic hydroxyl groups is 1. The fourth-order valence-corrected chi connectivity index (χ4v) is 4.33. The van der Waals surface area contributed by atoms with Crippen LogP contribution in [0, 0.1) is 0 Å². The van der Waals surface area contributed by atoms with Crippen LogP contribution in [0.5, 0.6) is 5.88 Å². The second-order valence-electron chi connectivity index (χ2n) is 6.84. The molecule has 0 radical (unpaired) electrons. The minimum absolute atomic E-state index is 0.0690. The van der Waals surface area contributed by atoms with Crippen molar-refractivity contribution >= 4 is 33.4 Å². The van der Waals surface area contributed by atoms with Crippen LogP contribution in [0.4, 0.5) is 5.69 Å². The lowest BCUT2D eigenvalue weighted by Gasteiger charge is -2.17. The first-order valence-corrected chi connectivity index (χ1v) is 12.0. The zero-order valence-electron chi connectivity index (χ0n) is 17.3. The number of anilines is 1. The topological polar surface area (TPSA) is 144 Å². The largest absolute Gasteiger partial charge is 0.493 e. The van der Waals surface area contributed by atoms with Crippen LogP contribution < -0.4 is 16.0 Å². The van der Waals surface area contributed by atoms with Crippen LogP contribution in [0.25, 0.3) is 5.69 Å². The minimum Gasteiger partial charge on any atom is -0.493 e. The van der Waals surface area contributed by atoms with Gasteiger partial charge >= 0.3 is 0 Å². The molecule has 0 unspecified atom stereocenters. The Labute approximate surface area is 189 Å². The van der Waals surface area contributed by atoms with Crippen molar-refractivity contribution in [2.75, 3.05) is 5.32 Å². The van der Waals surface area contributed by atoms with Crippen molar-refractivity contribution in [3.05, 3.63) is 70.5 Å². The highest BCUT2D eigenvalue weighted by Gasteiger charge is 2.22. The predicted octanol–water partition coefficient (Wildman–Crippen LogP) is 2.27. The SMILES string of the molecule is CCc1c(O)nc(S[C@H](C)C(=O)Nc2ccc(S(N)(=O)=O)cc2)n(-c2ccccc2)c1=O. The Kier molecular flexibility index (Phi) is 7.02.